The highest BCUT2D eigenvalue weighted by molar-refractivity contribution is 6.17. The van der Waals surface area contributed by atoms with E-state index in [4.69, 9.17) is 16.7 Å². The number of aliphatic hydroxyl groups excluding tert-OH is 1. The molecule has 4 heteroatoms. The first kappa shape index (κ1) is 14.0. The molecule has 3 nitrogen and oxygen atoms in total. The smallest absolute Gasteiger partial charge is 0.337 e. The Hall–Kier alpha value is -1.06. The number of benzene rings is 1. The SMILES string of the molecule is CCc1ccc(C(O)C(=O)O)cc1CCCCl. The van der Waals surface area contributed by atoms with Gasteiger partial charge in [-0.3, -0.25) is 0 Å². The van der Waals surface area contributed by atoms with E-state index in [0.717, 1.165) is 24.8 Å². The molecule has 0 spiro atoms. The van der Waals surface area contributed by atoms with Crippen LogP contribution in [-0.4, -0.2) is 22.1 Å². The summed E-state index contributed by atoms with van der Waals surface area (Å²) in [5.74, 6) is -0.646. The topological polar surface area (TPSA) is 57.5 Å². The summed E-state index contributed by atoms with van der Waals surface area (Å²) in [7, 11) is 0. The van der Waals surface area contributed by atoms with Gasteiger partial charge in [-0.2, -0.15) is 0 Å². The summed E-state index contributed by atoms with van der Waals surface area (Å²) in [5.41, 5.74) is 2.68. The van der Waals surface area contributed by atoms with Crippen molar-refractivity contribution in [2.24, 2.45) is 0 Å². The van der Waals surface area contributed by atoms with Gasteiger partial charge in [0.15, 0.2) is 6.10 Å². The summed E-state index contributed by atoms with van der Waals surface area (Å²) in [6.45, 7) is 2.05. The van der Waals surface area contributed by atoms with Gasteiger partial charge in [-0.05, 0) is 36.0 Å². The van der Waals surface area contributed by atoms with Crippen LogP contribution in [0.25, 0.3) is 0 Å². The molecule has 0 bridgehead atoms. The van der Waals surface area contributed by atoms with Gasteiger partial charge < -0.3 is 10.2 Å². The van der Waals surface area contributed by atoms with Gasteiger partial charge >= 0.3 is 5.97 Å². The highest BCUT2D eigenvalue weighted by Crippen LogP contribution is 2.20. The molecule has 1 rings (SSSR count). The summed E-state index contributed by atoms with van der Waals surface area (Å²) in [4.78, 5) is 10.7. The fourth-order valence-electron chi connectivity index (χ4n) is 1.79. The molecule has 1 atom stereocenters. The maximum absolute atomic E-state index is 10.7. The van der Waals surface area contributed by atoms with Gasteiger partial charge in [-0.25, -0.2) is 4.79 Å². The van der Waals surface area contributed by atoms with Crippen molar-refractivity contribution in [2.75, 3.05) is 5.88 Å². The number of carboxylic acids is 1. The summed E-state index contributed by atoms with van der Waals surface area (Å²) >= 11 is 5.66. The van der Waals surface area contributed by atoms with Crippen molar-refractivity contribution in [3.63, 3.8) is 0 Å². The van der Waals surface area contributed by atoms with E-state index < -0.39 is 12.1 Å². The molecule has 0 aromatic heterocycles. The Morgan fingerprint density at radius 3 is 2.65 bits per heavy atom. The third kappa shape index (κ3) is 3.72. The molecule has 0 fully saturated rings. The number of halogens is 1. The van der Waals surface area contributed by atoms with E-state index in [9.17, 15) is 9.90 Å². The zero-order valence-corrected chi connectivity index (χ0v) is 10.6. The summed E-state index contributed by atoms with van der Waals surface area (Å²) < 4.78 is 0. The van der Waals surface area contributed by atoms with Gasteiger partial charge in [0, 0.05) is 5.88 Å². The fourth-order valence-corrected chi connectivity index (χ4v) is 1.93. The van der Waals surface area contributed by atoms with Gasteiger partial charge in [0.2, 0.25) is 0 Å². The van der Waals surface area contributed by atoms with Gasteiger partial charge in [0.25, 0.3) is 0 Å². The second-order valence-corrected chi connectivity index (χ2v) is 4.29. The van der Waals surface area contributed by atoms with E-state index in [-0.39, 0.29) is 0 Å². The van der Waals surface area contributed by atoms with Crippen LogP contribution in [0.2, 0.25) is 0 Å². The Morgan fingerprint density at radius 1 is 1.41 bits per heavy atom. The number of aryl methyl sites for hydroxylation is 2. The Bertz CT molecular complexity index is 390. The van der Waals surface area contributed by atoms with Gasteiger partial charge in [0.05, 0.1) is 0 Å². The lowest BCUT2D eigenvalue weighted by Crippen LogP contribution is -2.11. The molecule has 0 amide bonds. The van der Waals surface area contributed by atoms with Crippen LogP contribution in [0.5, 0.6) is 0 Å². The van der Waals surface area contributed by atoms with E-state index in [2.05, 4.69) is 0 Å². The maximum Gasteiger partial charge on any atom is 0.337 e. The van der Waals surface area contributed by atoms with Crippen molar-refractivity contribution >= 4 is 17.6 Å². The molecule has 0 aliphatic rings. The second kappa shape index (κ2) is 6.62. The van der Waals surface area contributed by atoms with Crippen LogP contribution in [-0.2, 0) is 17.6 Å². The number of alkyl halides is 1. The van der Waals surface area contributed by atoms with Gasteiger partial charge in [0.1, 0.15) is 0 Å². The van der Waals surface area contributed by atoms with Crippen LogP contribution >= 0.6 is 11.6 Å². The van der Waals surface area contributed by atoms with Crippen molar-refractivity contribution in [1.29, 1.82) is 0 Å². The Kier molecular flexibility index (Phi) is 5.45. The molecule has 1 aromatic rings. The van der Waals surface area contributed by atoms with Crippen molar-refractivity contribution < 1.29 is 15.0 Å². The van der Waals surface area contributed by atoms with Crippen LogP contribution in [0.1, 0.15) is 36.1 Å². The molecule has 0 radical (unpaired) electrons. The average molecular weight is 257 g/mol. The second-order valence-electron chi connectivity index (χ2n) is 3.92. The van der Waals surface area contributed by atoms with Crippen LogP contribution in [0, 0.1) is 0 Å². The standard InChI is InChI=1S/C13H17ClO3/c1-2-9-5-6-11(12(15)13(16)17)8-10(9)4-3-7-14/h5-6,8,12,15H,2-4,7H2,1H3,(H,16,17). The minimum Gasteiger partial charge on any atom is -0.479 e. The lowest BCUT2D eigenvalue weighted by Gasteiger charge is -2.12. The number of carbonyl (C=O) groups is 1. The normalized spacial score (nSPS) is 12.4. The zero-order valence-electron chi connectivity index (χ0n) is 9.82. The summed E-state index contributed by atoms with van der Waals surface area (Å²) in [5, 5.41) is 18.2. The van der Waals surface area contributed by atoms with Crippen molar-refractivity contribution in [1.82, 2.24) is 0 Å². The first-order valence-corrected chi connectivity index (χ1v) is 6.22. The number of hydrogen-bond donors (Lipinski definition) is 2. The zero-order chi connectivity index (χ0) is 12.8. The molecule has 17 heavy (non-hydrogen) atoms. The molecule has 0 aliphatic heterocycles. The number of aliphatic hydroxyl groups is 1. The van der Waals surface area contributed by atoms with Gasteiger partial charge in [-0.1, -0.05) is 25.1 Å². The number of carboxylic acid groups (broad SMARTS) is 1. The van der Waals surface area contributed by atoms with Crippen LogP contribution in [0.15, 0.2) is 18.2 Å². The largest absolute Gasteiger partial charge is 0.479 e. The van der Waals surface area contributed by atoms with E-state index >= 15 is 0 Å². The maximum atomic E-state index is 10.7. The fraction of sp³-hybridized carbons (Fsp3) is 0.462. The Morgan fingerprint density at radius 2 is 2.12 bits per heavy atom. The van der Waals surface area contributed by atoms with Crippen LogP contribution in [0.3, 0.4) is 0 Å². The molecule has 1 unspecified atom stereocenters. The minimum atomic E-state index is -1.45. The first-order chi connectivity index (χ1) is 8.10. The van der Waals surface area contributed by atoms with E-state index in [1.807, 2.05) is 13.0 Å². The van der Waals surface area contributed by atoms with E-state index in [1.54, 1.807) is 12.1 Å². The van der Waals surface area contributed by atoms with Crippen molar-refractivity contribution in [2.45, 2.75) is 32.3 Å². The lowest BCUT2D eigenvalue weighted by atomic mass is 9.96. The highest BCUT2D eigenvalue weighted by atomic mass is 35.5. The molecule has 0 aliphatic carbocycles. The quantitative estimate of drug-likeness (QED) is 0.769. The highest BCUT2D eigenvalue weighted by Gasteiger charge is 2.16. The first-order valence-electron chi connectivity index (χ1n) is 5.68. The minimum absolute atomic E-state index is 0.430. The number of rotatable bonds is 6. The van der Waals surface area contributed by atoms with E-state index in [1.165, 1.54) is 5.56 Å². The van der Waals surface area contributed by atoms with Crippen LogP contribution in [0.4, 0.5) is 0 Å². The lowest BCUT2D eigenvalue weighted by molar-refractivity contribution is -0.146. The molecular weight excluding hydrogens is 240 g/mol. The molecule has 0 saturated carbocycles. The van der Waals surface area contributed by atoms with Crippen molar-refractivity contribution in [3.8, 4) is 0 Å². The Balaban J connectivity index is 2.99. The predicted octanol–water partition coefficient (Wildman–Crippen LogP) is 2.54. The van der Waals surface area contributed by atoms with Crippen LogP contribution < -0.4 is 0 Å². The third-order valence-electron chi connectivity index (χ3n) is 2.74. The van der Waals surface area contributed by atoms with E-state index in [0.29, 0.717) is 11.4 Å². The number of aliphatic carboxylic acids is 1. The number of hydrogen-bond acceptors (Lipinski definition) is 2. The molecular formula is C13H17ClO3. The van der Waals surface area contributed by atoms with Crippen molar-refractivity contribution in [3.05, 3.63) is 34.9 Å². The predicted molar refractivity (Wildman–Crippen MR) is 67.5 cm³/mol. The third-order valence-corrected chi connectivity index (χ3v) is 3.01. The monoisotopic (exact) mass is 256 g/mol. The summed E-state index contributed by atoms with van der Waals surface area (Å²) in [6, 6.07) is 5.32. The molecule has 2 N–H and O–H groups in total. The molecule has 0 heterocycles. The Labute approximate surface area is 106 Å². The van der Waals surface area contributed by atoms with Gasteiger partial charge in [-0.15, -0.1) is 11.6 Å². The molecule has 94 valence electrons. The molecule has 1 aromatic carbocycles. The summed E-state index contributed by atoms with van der Waals surface area (Å²) in [6.07, 6.45) is 1.10. The molecule has 0 saturated heterocycles. The average Bonchev–Trinajstić information content (AvgIpc) is 2.34.